The van der Waals surface area contributed by atoms with Crippen LogP contribution in [0.4, 0.5) is 4.79 Å². The lowest BCUT2D eigenvalue weighted by atomic mass is 10.1. The maximum Gasteiger partial charge on any atom is 0.321 e. The van der Waals surface area contributed by atoms with Gasteiger partial charge in [0.15, 0.2) is 0 Å². The number of carbonyl (C=O) groups is 2. The van der Waals surface area contributed by atoms with E-state index >= 15 is 0 Å². The van der Waals surface area contributed by atoms with Gasteiger partial charge in [-0.2, -0.15) is 0 Å². The fraction of sp³-hybridized carbons (Fsp3) is 0.857. The highest BCUT2D eigenvalue weighted by molar-refractivity contribution is 5.95. The van der Waals surface area contributed by atoms with E-state index in [0.29, 0.717) is 6.04 Å². The van der Waals surface area contributed by atoms with Gasteiger partial charge in [0, 0.05) is 18.1 Å². The molecule has 0 radical (unpaired) electrons. The Morgan fingerprint density at radius 2 is 2.05 bits per heavy atom. The van der Waals surface area contributed by atoms with E-state index in [1.807, 2.05) is 27.7 Å². The van der Waals surface area contributed by atoms with Crippen molar-refractivity contribution < 1.29 is 9.59 Å². The molecule has 20 heavy (non-hydrogen) atoms. The summed E-state index contributed by atoms with van der Waals surface area (Å²) in [7, 11) is 0. The average molecular weight is 284 g/mol. The molecule has 1 aliphatic heterocycles. The zero-order chi connectivity index (χ0) is 15.2. The summed E-state index contributed by atoms with van der Waals surface area (Å²) in [5, 5.41) is 8.45. The monoisotopic (exact) mass is 284 g/mol. The highest BCUT2D eigenvalue weighted by Gasteiger charge is 2.23. The van der Waals surface area contributed by atoms with E-state index in [0.717, 1.165) is 32.5 Å². The van der Waals surface area contributed by atoms with Gasteiger partial charge in [0.05, 0.1) is 6.54 Å². The lowest BCUT2D eigenvalue weighted by molar-refractivity contribution is -0.121. The Bertz CT molecular complexity index is 333. The molecule has 1 saturated heterocycles. The van der Waals surface area contributed by atoms with E-state index in [4.69, 9.17) is 0 Å². The third kappa shape index (κ3) is 6.34. The number of carbonyl (C=O) groups excluding carboxylic acids is 2. The molecule has 1 aliphatic rings. The fourth-order valence-corrected chi connectivity index (χ4v) is 2.37. The summed E-state index contributed by atoms with van der Waals surface area (Å²) in [5.41, 5.74) is -0.345. The quantitative estimate of drug-likeness (QED) is 0.710. The molecule has 3 N–H and O–H groups in total. The maximum atomic E-state index is 11.9. The summed E-state index contributed by atoms with van der Waals surface area (Å²) in [5.74, 6) is -0.251. The van der Waals surface area contributed by atoms with Crippen molar-refractivity contribution in [3.63, 3.8) is 0 Å². The molecule has 1 atom stereocenters. The van der Waals surface area contributed by atoms with Gasteiger partial charge in [0.25, 0.3) is 0 Å². The molecule has 1 rings (SSSR count). The number of nitrogens with one attached hydrogen (secondary N) is 3. The van der Waals surface area contributed by atoms with Crippen LogP contribution >= 0.6 is 0 Å². The molecule has 1 fully saturated rings. The molecule has 0 aliphatic carbocycles. The van der Waals surface area contributed by atoms with Crippen molar-refractivity contribution in [1.82, 2.24) is 20.9 Å². The Kier molecular flexibility index (Phi) is 6.42. The minimum Gasteiger partial charge on any atom is -0.333 e. The minimum absolute atomic E-state index is 0.251. The highest BCUT2D eigenvalue weighted by atomic mass is 16.2. The topological polar surface area (TPSA) is 73.5 Å². The summed E-state index contributed by atoms with van der Waals surface area (Å²) in [6, 6.07) is -0.0505. The Hall–Kier alpha value is -1.14. The molecular weight excluding hydrogens is 256 g/mol. The average Bonchev–Trinajstić information content (AvgIpc) is 2.34. The molecule has 3 amide bonds. The summed E-state index contributed by atoms with van der Waals surface area (Å²) >= 11 is 0. The van der Waals surface area contributed by atoms with E-state index < -0.39 is 6.03 Å². The van der Waals surface area contributed by atoms with Crippen LogP contribution < -0.4 is 16.0 Å². The number of piperidine rings is 1. The largest absolute Gasteiger partial charge is 0.333 e. The van der Waals surface area contributed by atoms with Gasteiger partial charge in [0.1, 0.15) is 0 Å². The van der Waals surface area contributed by atoms with Crippen LogP contribution in [0.3, 0.4) is 0 Å². The number of imide groups is 1. The fourth-order valence-electron chi connectivity index (χ4n) is 2.37. The zero-order valence-corrected chi connectivity index (χ0v) is 13.1. The van der Waals surface area contributed by atoms with Gasteiger partial charge in [0.2, 0.25) is 5.91 Å². The van der Waals surface area contributed by atoms with Crippen LogP contribution in [0.5, 0.6) is 0 Å². The molecular formula is C14H28N4O2. The predicted molar refractivity (Wildman–Crippen MR) is 79.6 cm³/mol. The summed E-state index contributed by atoms with van der Waals surface area (Å²) in [6.07, 6.45) is 2.23. The first-order valence-electron chi connectivity index (χ1n) is 7.38. The number of rotatable bonds is 4. The first kappa shape index (κ1) is 16.9. The molecule has 1 unspecified atom stereocenters. The normalized spacial score (nSPS) is 19.8. The molecule has 0 saturated carbocycles. The Morgan fingerprint density at radius 3 is 2.55 bits per heavy atom. The number of likely N-dealkylation sites (N-methyl/N-ethyl adjacent to an activating group) is 1. The van der Waals surface area contributed by atoms with Gasteiger partial charge in [-0.05, 0) is 46.7 Å². The van der Waals surface area contributed by atoms with Crippen molar-refractivity contribution in [2.45, 2.75) is 52.1 Å². The molecule has 6 heteroatoms. The van der Waals surface area contributed by atoms with Crippen LogP contribution in [-0.2, 0) is 4.79 Å². The molecule has 0 spiro atoms. The smallest absolute Gasteiger partial charge is 0.321 e. The van der Waals surface area contributed by atoms with E-state index in [1.54, 1.807) is 0 Å². The molecule has 6 nitrogen and oxygen atoms in total. The number of amides is 3. The van der Waals surface area contributed by atoms with Crippen LogP contribution in [0.25, 0.3) is 0 Å². The summed E-state index contributed by atoms with van der Waals surface area (Å²) in [4.78, 5) is 25.7. The maximum absolute atomic E-state index is 11.9. The highest BCUT2D eigenvalue weighted by Crippen LogP contribution is 2.09. The molecule has 1 heterocycles. The number of nitrogens with zero attached hydrogens (tertiary/aromatic N) is 1. The van der Waals surface area contributed by atoms with Crippen molar-refractivity contribution >= 4 is 11.9 Å². The summed E-state index contributed by atoms with van der Waals surface area (Å²) < 4.78 is 0. The summed E-state index contributed by atoms with van der Waals surface area (Å²) in [6.45, 7) is 10.7. The van der Waals surface area contributed by atoms with Gasteiger partial charge in [-0.1, -0.05) is 6.92 Å². The van der Waals surface area contributed by atoms with E-state index in [1.165, 1.54) is 0 Å². The lowest BCUT2D eigenvalue weighted by Crippen LogP contribution is -2.53. The Morgan fingerprint density at radius 1 is 1.35 bits per heavy atom. The second-order valence-corrected chi connectivity index (χ2v) is 6.32. The predicted octanol–water partition coefficient (Wildman–Crippen LogP) is 0.685. The Labute approximate surface area is 121 Å². The van der Waals surface area contributed by atoms with Crippen molar-refractivity contribution in [2.75, 3.05) is 26.2 Å². The van der Waals surface area contributed by atoms with Crippen LogP contribution in [0.15, 0.2) is 0 Å². The van der Waals surface area contributed by atoms with Crippen LogP contribution in [0, 0.1) is 0 Å². The number of hydrogen-bond donors (Lipinski definition) is 3. The SMILES string of the molecule is CCN(CC(=O)NC(=O)NC(C)(C)C)C1CCCNC1. The number of urea groups is 1. The van der Waals surface area contributed by atoms with Crippen molar-refractivity contribution in [2.24, 2.45) is 0 Å². The first-order chi connectivity index (χ1) is 9.31. The lowest BCUT2D eigenvalue weighted by Gasteiger charge is -2.33. The first-order valence-corrected chi connectivity index (χ1v) is 7.38. The third-order valence-electron chi connectivity index (χ3n) is 3.28. The van der Waals surface area contributed by atoms with Crippen molar-refractivity contribution in [3.8, 4) is 0 Å². The third-order valence-corrected chi connectivity index (χ3v) is 3.28. The van der Waals surface area contributed by atoms with Gasteiger partial charge < -0.3 is 10.6 Å². The van der Waals surface area contributed by atoms with E-state index in [9.17, 15) is 9.59 Å². The zero-order valence-electron chi connectivity index (χ0n) is 13.1. The number of hydrogen-bond acceptors (Lipinski definition) is 4. The van der Waals surface area contributed by atoms with Crippen LogP contribution in [0.2, 0.25) is 0 Å². The Balaban J connectivity index is 2.40. The minimum atomic E-state index is -0.430. The second-order valence-electron chi connectivity index (χ2n) is 6.32. The standard InChI is InChI=1S/C14H28N4O2/c1-5-18(11-7-6-8-15-9-11)10-12(19)16-13(20)17-14(2,3)4/h11,15H,5-10H2,1-4H3,(H2,16,17,19,20). The van der Waals surface area contributed by atoms with Gasteiger partial charge >= 0.3 is 6.03 Å². The van der Waals surface area contributed by atoms with Crippen molar-refractivity contribution in [3.05, 3.63) is 0 Å². The molecule has 0 aromatic carbocycles. The van der Waals surface area contributed by atoms with E-state index in [2.05, 4.69) is 20.9 Å². The van der Waals surface area contributed by atoms with E-state index in [-0.39, 0.29) is 18.0 Å². The van der Waals surface area contributed by atoms with Gasteiger partial charge in [-0.3, -0.25) is 15.0 Å². The van der Waals surface area contributed by atoms with Crippen LogP contribution in [0.1, 0.15) is 40.5 Å². The second kappa shape index (κ2) is 7.59. The molecule has 0 aromatic rings. The molecule has 0 bridgehead atoms. The molecule has 0 aromatic heterocycles. The van der Waals surface area contributed by atoms with Crippen LogP contribution in [-0.4, -0.2) is 54.6 Å². The van der Waals surface area contributed by atoms with Crippen molar-refractivity contribution in [1.29, 1.82) is 0 Å². The van der Waals surface area contributed by atoms with Gasteiger partial charge in [-0.25, -0.2) is 4.79 Å². The van der Waals surface area contributed by atoms with Gasteiger partial charge in [-0.15, -0.1) is 0 Å². The molecule has 116 valence electrons.